The SMILES string of the molecule is CC(C)(C)OC(=O)NC1CCN(Cn2sc3ccccc3c2=O)CC1. The Morgan fingerprint density at radius 2 is 1.96 bits per heavy atom. The lowest BCUT2D eigenvalue weighted by Gasteiger charge is -2.32. The van der Waals surface area contributed by atoms with E-state index in [1.807, 2.05) is 49.0 Å². The van der Waals surface area contributed by atoms with Crippen LogP contribution in [0, 0.1) is 0 Å². The van der Waals surface area contributed by atoms with E-state index >= 15 is 0 Å². The van der Waals surface area contributed by atoms with Crippen LogP contribution in [0.2, 0.25) is 0 Å². The average Bonchev–Trinajstić information content (AvgIpc) is 2.84. The van der Waals surface area contributed by atoms with Gasteiger partial charge in [-0.15, -0.1) is 0 Å². The topological polar surface area (TPSA) is 63.6 Å². The first-order chi connectivity index (χ1) is 11.8. The predicted octanol–water partition coefficient (Wildman–Crippen LogP) is 3.01. The van der Waals surface area contributed by atoms with E-state index in [4.69, 9.17) is 4.74 Å². The fourth-order valence-electron chi connectivity index (χ4n) is 2.99. The number of carbonyl (C=O) groups is 1. The third-order valence-electron chi connectivity index (χ3n) is 4.19. The Morgan fingerprint density at radius 3 is 2.60 bits per heavy atom. The number of carbonyl (C=O) groups excluding carboxylic acids is 1. The quantitative estimate of drug-likeness (QED) is 0.910. The number of rotatable bonds is 3. The molecule has 0 atom stereocenters. The zero-order chi connectivity index (χ0) is 18.0. The maximum Gasteiger partial charge on any atom is 0.407 e. The molecule has 1 amide bonds. The van der Waals surface area contributed by atoms with Crippen LogP contribution in [0.4, 0.5) is 4.79 Å². The molecule has 136 valence electrons. The summed E-state index contributed by atoms with van der Waals surface area (Å²) in [6, 6.07) is 7.84. The Balaban J connectivity index is 1.53. The molecule has 0 aliphatic carbocycles. The standard InChI is InChI=1S/C18H25N3O3S/c1-18(2,3)24-17(23)19-13-8-10-20(11-9-13)12-21-16(22)14-6-4-5-7-15(14)25-21/h4-7,13H,8-12H2,1-3H3,(H,19,23). The van der Waals surface area contributed by atoms with E-state index in [0.717, 1.165) is 36.0 Å². The fraction of sp³-hybridized carbons (Fsp3) is 0.556. The third-order valence-corrected chi connectivity index (χ3v) is 5.24. The highest BCUT2D eigenvalue weighted by Crippen LogP contribution is 2.18. The van der Waals surface area contributed by atoms with Crippen molar-refractivity contribution in [3.05, 3.63) is 34.6 Å². The molecule has 2 heterocycles. The van der Waals surface area contributed by atoms with Crippen LogP contribution in [-0.4, -0.2) is 39.7 Å². The minimum Gasteiger partial charge on any atom is -0.444 e. The van der Waals surface area contributed by atoms with Crippen molar-refractivity contribution >= 4 is 27.7 Å². The third kappa shape index (κ3) is 4.61. The number of nitrogens with zero attached hydrogens (tertiary/aromatic N) is 2. The van der Waals surface area contributed by atoms with Crippen LogP contribution < -0.4 is 10.9 Å². The average molecular weight is 363 g/mol. The lowest BCUT2D eigenvalue weighted by molar-refractivity contribution is 0.0473. The van der Waals surface area contributed by atoms with Gasteiger partial charge in [0.15, 0.2) is 0 Å². The molecule has 3 rings (SSSR count). The number of benzene rings is 1. The number of likely N-dealkylation sites (tertiary alicyclic amines) is 1. The fourth-order valence-corrected chi connectivity index (χ4v) is 4.02. The number of amides is 1. The summed E-state index contributed by atoms with van der Waals surface area (Å²) in [5.41, 5.74) is -0.401. The lowest BCUT2D eigenvalue weighted by Crippen LogP contribution is -2.46. The van der Waals surface area contributed by atoms with Gasteiger partial charge in [-0.25, -0.2) is 8.75 Å². The minimum atomic E-state index is -0.479. The smallest absolute Gasteiger partial charge is 0.407 e. The second-order valence-corrected chi connectivity index (χ2v) is 8.51. The molecule has 2 aromatic rings. The summed E-state index contributed by atoms with van der Waals surface area (Å²) in [7, 11) is 0. The summed E-state index contributed by atoms with van der Waals surface area (Å²) in [6.07, 6.45) is 1.37. The van der Waals surface area contributed by atoms with E-state index in [1.54, 1.807) is 0 Å². The zero-order valence-electron chi connectivity index (χ0n) is 14.9. The number of nitrogens with one attached hydrogen (secondary N) is 1. The highest BCUT2D eigenvalue weighted by Gasteiger charge is 2.24. The van der Waals surface area contributed by atoms with Crippen molar-refractivity contribution < 1.29 is 9.53 Å². The van der Waals surface area contributed by atoms with E-state index in [1.165, 1.54) is 11.5 Å². The number of alkyl carbamates (subject to hydrolysis) is 1. The van der Waals surface area contributed by atoms with E-state index in [-0.39, 0.29) is 17.7 Å². The summed E-state index contributed by atoms with van der Waals surface area (Å²) in [5, 5.41) is 3.73. The molecule has 1 aromatic heterocycles. The first kappa shape index (κ1) is 17.9. The van der Waals surface area contributed by atoms with Gasteiger partial charge in [-0.2, -0.15) is 0 Å². The second kappa shape index (κ2) is 7.17. The molecule has 1 N–H and O–H groups in total. The van der Waals surface area contributed by atoms with Crippen molar-refractivity contribution in [1.29, 1.82) is 0 Å². The van der Waals surface area contributed by atoms with Crippen molar-refractivity contribution in [3.8, 4) is 0 Å². The molecule has 25 heavy (non-hydrogen) atoms. The van der Waals surface area contributed by atoms with Crippen LogP contribution in [0.15, 0.2) is 29.1 Å². The maximum absolute atomic E-state index is 12.4. The molecule has 1 aliphatic heterocycles. The Labute approximate surface area is 151 Å². The molecule has 1 fully saturated rings. The van der Waals surface area contributed by atoms with Gasteiger partial charge < -0.3 is 10.1 Å². The van der Waals surface area contributed by atoms with E-state index in [9.17, 15) is 9.59 Å². The number of piperidine rings is 1. The Morgan fingerprint density at radius 1 is 1.28 bits per heavy atom. The molecular formula is C18H25N3O3S. The van der Waals surface area contributed by atoms with E-state index in [2.05, 4.69) is 10.2 Å². The van der Waals surface area contributed by atoms with Crippen molar-refractivity contribution in [1.82, 2.24) is 14.2 Å². The molecule has 7 heteroatoms. The second-order valence-electron chi connectivity index (χ2n) is 7.45. The highest BCUT2D eigenvalue weighted by atomic mass is 32.1. The summed E-state index contributed by atoms with van der Waals surface area (Å²) in [6.45, 7) is 7.88. The molecule has 0 bridgehead atoms. The molecule has 1 saturated heterocycles. The molecule has 0 unspecified atom stereocenters. The van der Waals surface area contributed by atoms with Gasteiger partial charge in [-0.05, 0) is 45.7 Å². The number of aromatic nitrogens is 1. The minimum absolute atomic E-state index is 0.0783. The van der Waals surface area contributed by atoms with Crippen LogP contribution in [-0.2, 0) is 11.4 Å². The van der Waals surface area contributed by atoms with Crippen molar-refractivity contribution in [2.24, 2.45) is 0 Å². The first-order valence-corrected chi connectivity index (χ1v) is 9.40. The highest BCUT2D eigenvalue weighted by molar-refractivity contribution is 7.13. The zero-order valence-corrected chi connectivity index (χ0v) is 15.8. The van der Waals surface area contributed by atoms with Gasteiger partial charge in [0.25, 0.3) is 5.56 Å². The van der Waals surface area contributed by atoms with E-state index in [0.29, 0.717) is 6.67 Å². The van der Waals surface area contributed by atoms with Crippen molar-refractivity contribution in [3.63, 3.8) is 0 Å². The predicted molar refractivity (Wildman–Crippen MR) is 100 cm³/mol. The monoisotopic (exact) mass is 363 g/mol. The molecular weight excluding hydrogens is 338 g/mol. The van der Waals surface area contributed by atoms with Crippen LogP contribution in [0.5, 0.6) is 0 Å². The van der Waals surface area contributed by atoms with Gasteiger partial charge in [0.05, 0.1) is 16.8 Å². The van der Waals surface area contributed by atoms with Gasteiger partial charge in [-0.3, -0.25) is 9.69 Å². The lowest BCUT2D eigenvalue weighted by atomic mass is 10.1. The van der Waals surface area contributed by atoms with Crippen LogP contribution in [0.25, 0.3) is 10.1 Å². The van der Waals surface area contributed by atoms with Gasteiger partial charge in [0.1, 0.15) is 5.60 Å². The maximum atomic E-state index is 12.4. The molecule has 0 radical (unpaired) electrons. The molecule has 6 nitrogen and oxygen atoms in total. The van der Waals surface area contributed by atoms with Gasteiger partial charge >= 0.3 is 6.09 Å². The van der Waals surface area contributed by atoms with Gasteiger partial charge in [0.2, 0.25) is 0 Å². The molecule has 1 aliphatic rings. The van der Waals surface area contributed by atoms with Crippen LogP contribution >= 0.6 is 11.5 Å². The first-order valence-electron chi connectivity index (χ1n) is 8.62. The van der Waals surface area contributed by atoms with Crippen LogP contribution in [0.1, 0.15) is 33.6 Å². The summed E-state index contributed by atoms with van der Waals surface area (Å²) in [5.74, 6) is 0. The Kier molecular flexibility index (Phi) is 5.15. The molecule has 0 saturated carbocycles. The van der Waals surface area contributed by atoms with Gasteiger partial charge in [0, 0.05) is 19.1 Å². The Bertz CT molecular complexity index is 798. The number of fused-ring (bicyclic) bond motifs is 1. The van der Waals surface area contributed by atoms with E-state index < -0.39 is 5.60 Å². The number of hydrogen-bond acceptors (Lipinski definition) is 5. The summed E-state index contributed by atoms with van der Waals surface area (Å²) in [4.78, 5) is 26.5. The Hall–Kier alpha value is -1.86. The summed E-state index contributed by atoms with van der Waals surface area (Å²) >= 11 is 1.51. The van der Waals surface area contributed by atoms with Gasteiger partial charge in [-0.1, -0.05) is 23.7 Å². The normalized spacial score (nSPS) is 16.9. The molecule has 1 aromatic carbocycles. The largest absolute Gasteiger partial charge is 0.444 e. The number of hydrogen-bond donors (Lipinski definition) is 1. The van der Waals surface area contributed by atoms with Crippen molar-refractivity contribution in [2.75, 3.05) is 13.1 Å². The molecule has 0 spiro atoms. The van der Waals surface area contributed by atoms with Crippen molar-refractivity contribution in [2.45, 2.75) is 51.9 Å². The number of ether oxygens (including phenoxy) is 1. The van der Waals surface area contributed by atoms with Crippen LogP contribution in [0.3, 0.4) is 0 Å². The summed E-state index contributed by atoms with van der Waals surface area (Å²) < 4.78 is 8.14.